The fraction of sp³-hybridized carbons (Fsp3) is 0.188. The molecule has 0 saturated heterocycles. The molecule has 2 aromatic heterocycles. The molecule has 5 nitrogen and oxygen atoms in total. The Hall–Kier alpha value is -2.69. The van der Waals surface area contributed by atoms with Gasteiger partial charge < -0.3 is 10.1 Å². The van der Waals surface area contributed by atoms with Crippen molar-refractivity contribution in [1.82, 2.24) is 15.0 Å². The second-order valence-electron chi connectivity index (χ2n) is 5.01. The first-order valence-electron chi connectivity index (χ1n) is 6.76. The maximum absolute atomic E-state index is 10.9. The molecule has 0 spiro atoms. The van der Waals surface area contributed by atoms with Gasteiger partial charge in [0.15, 0.2) is 5.65 Å². The van der Waals surface area contributed by atoms with Crippen LogP contribution in [0.2, 0.25) is 0 Å². The van der Waals surface area contributed by atoms with E-state index in [1.807, 2.05) is 12.1 Å². The maximum Gasteiger partial charge on any atom is 0.337 e. The molecule has 0 bridgehead atoms. The Morgan fingerprint density at radius 3 is 2.86 bits per heavy atom. The van der Waals surface area contributed by atoms with Gasteiger partial charge in [0, 0.05) is 12.6 Å². The highest BCUT2D eigenvalue weighted by molar-refractivity contribution is 5.90. The lowest BCUT2D eigenvalue weighted by Gasteiger charge is -2.03. The zero-order chi connectivity index (χ0) is 14.8. The van der Waals surface area contributed by atoms with Crippen LogP contribution in [0.3, 0.4) is 0 Å². The van der Waals surface area contributed by atoms with Gasteiger partial charge >= 0.3 is 5.97 Å². The van der Waals surface area contributed by atoms with Gasteiger partial charge in [-0.1, -0.05) is 24.3 Å². The van der Waals surface area contributed by atoms with Crippen molar-refractivity contribution in [2.24, 2.45) is 0 Å². The number of hydrogen-bond donors (Lipinski definition) is 2. The fourth-order valence-corrected chi connectivity index (χ4v) is 2.33. The van der Waals surface area contributed by atoms with Gasteiger partial charge in [-0.25, -0.2) is 14.8 Å². The summed E-state index contributed by atoms with van der Waals surface area (Å²) in [4.78, 5) is 22.5. The number of hydrogen-bond acceptors (Lipinski definition) is 3. The molecule has 3 rings (SSSR count). The molecule has 0 aliphatic rings. The Bertz CT molecular complexity index is 808. The smallest absolute Gasteiger partial charge is 0.337 e. The second kappa shape index (κ2) is 5.36. The van der Waals surface area contributed by atoms with E-state index in [0.29, 0.717) is 11.2 Å². The third kappa shape index (κ3) is 2.76. The van der Waals surface area contributed by atoms with Crippen molar-refractivity contribution in [1.29, 1.82) is 0 Å². The molecule has 0 fully saturated rings. The number of H-pyrrole nitrogens is 1. The highest BCUT2D eigenvalue weighted by atomic mass is 16.4. The van der Waals surface area contributed by atoms with Crippen LogP contribution in [0.4, 0.5) is 0 Å². The number of aromatic nitrogens is 3. The van der Waals surface area contributed by atoms with Crippen LogP contribution in [0.5, 0.6) is 0 Å². The number of carboxylic acids is 1. The van der Waals surface area contributed by atoms with Gasteiger partial charge in [0.05, 0.1) is 11.1 Å². The summed E-state index contributed by atoms with van der Waals surface area (Å²) in [5.74, 6) is -0.163. The van der Waals surface area contributed by atoms with Gasteiger partial charge in [-0.3, -0.25) is 0 Å². The highest BCUT2D eigenvalue weighted by Crippen LogP contribution is 2.14. The zero-order valence-electron chi connectivity index (χ0n) is 11.6. The summed E-state index contributed by atoms with van der Waals surface area (Å²) >= 11 is 0. The fourth-order valence-electron chi connectivity index (χ4n) is 2.33. The predicted molar refractivity (Wildman–Crippen MR) is 79.4 cm³/mol. The van der Waals surface area contributed by atoms with E-state index in [2.05, 4.69) is 34.0 Å². The van der Waals surface area contributed by atoms with Crippen LogP contribution in [0.1, 0.15) is 27.3 Å². The summed E-state index contributed by atoms with van der Waals surface area (Å²) in [7, 11) is 0. The molecule has 0 atom stereocenters. The number of carboxylic acid groups (broad SMARTS) is 1. The van der Waals surface area contributed by atoms with Crippen LogP contribution in [0.25, 0.3) is 11.2 Å². The number of aryl methyl sites for hydroxylation is 3. The Balaban J connectivity index is 1.82. The Morgan fingerprint density at radius 2 is 2.10 bits per heavy atom. The van der Waals surface area contributed by atoms with Crippen molar-refractivity contribution in [3.05, 3.63) is 59.0 Å². The molecule has 3 aromatic rings. The standard InChI is InChI=1S/C16H15N3O2/c1-10-4-2-3-5-11(10)6-7-14-18-13-8-12(16(20)21)9-17-15(13)19-14/h2-5,8-9H,6-7H2,1H3,(H,20,21)(H,17,18,19). The van der Waals surface area contributed by atoms with Crippen LogP contribution >= 0.6 is 0 Å². The highest BCUT2D eigenvalue weighted by Gasteiger charge is 2.09. The molecular formula is C16H15N3O2. The first-order chi connectivity index (χ1) is 10.1. The van der Waals surface area contributed by atoms with E-state index in [1.54, 1.807) is 6.07 Å². The van der Waals surface area contributed by atoms with Gasteiger partial charge in [-0.05, 0) is 30.5 Å². The summed E-state index contributed by atoms with van der Waals surface area (Å²) in [6.45, 7) is 2.09. The van der Waals surface area contributed by atoms with Gasteiger partial charge in [-0.15, -0.1) is 0 Å². The molecule has 2 N–H and O–H groups in total. The van der Waals surface area contributed by atoms with E-state index in [0.717, 1.165) is 18.7 Å². The van der Waals surface area contributed by atoms with Crippen molar-refractivity contribution >= 4 is 17.1 Å². The first-order valence-corrected chi connectivity index (χ1v) is 6.76. The minimum atomic E-state index is -0.986. The monoisotopic (exact) mass is 281 g/mol. The van der Waals surface area contributed by atoms with Crippen LogP contribution in [0, 0.1) is 6.92 Å². The molecule has 106 valence electrons. The quantitative estimate of drug-likeness (QED) is 0.770. The van der Waals surface area contributed by atoms with Gasteiger partial charge in [0.1, 0.15) is 5.82 Å². The van der Waals surface area contributed by atoms with E-state index in [-0.39, 0.29) is 5.56 Å². The SMILES string of the molecule is Cc1ccccc1CCc1nc2ncc(C(=O)O)cc2[nH]1. The number of pyridine rings is 1. The Kier molecular flexibility index (Phi) is 3.39. The average Bonchev–Trinajstić information content (AvgIpc) is 2.88. The number of nitrogens with one attached hydrogen (secondary N) is 1. The molecule has 0 aliphatic heterocycles. The van der Waals surface area contributed by atoms with Crippen LogP contribution in [-0.2, 0) is 12.8 Å². The van der Waals surface area contributed by atoms with Crippen LogP contribution in [-0.4, -0.2) is 26.0 Å². The lowest BCUT2D eigenvalue weighted by Crippen LogP contribution is -1.96. The zero-order valence-corrected chi connectivity index (χ0v) is 11.6. The molecule has 0 amide bonds. The average molecular weight is 281 g/mol. The largest absolute Gasteiger partial charge is 0.478 e. The third-order valence-corrected chi connectivity index (χ3v) is 3.53. The van der Waals surface area contributed by atoms with E-state index < -0.39 is 5.97 Å². The van der Waals surface area contributed by atoms with E-state index in [9.17, 15) is 4.79 Å². The lowest BCUT2D eigenvalue weighted by molar-refractivity contribution is 0.0696. The molecule has 0 saturated carbocycles. The Labute approximate surface area is 121 Å². The summed E-state index contributed by atoms with van der Waals surface area (Å²) in [5, 5.41) is 8.96. The summed E-state index contributed by atoms with van der Waals surface area (Å²) in [6, 6.07) is 9.82. The summed E-state index contributed by atoms with van der Waals surface area (Å²) < 4.78 is 0. The van der Waals surface area contributed by atoms with Gasteiger partial charge in [0.25, 0.3) is 0 Å². The first kappa shape index (κ1) is 13.3. The molecule has 0 unspecified atom stereocenters. The predicted octanol–water partition coefficient (Wildman–Crippen LogP) is 2.75. The van der Waals surface area contributed by atoms with Crippen molar-refractivity contribution in [3.63, 3.8) is 0 Å². The normalized spacial score (nSPS) is 10.9. The van der Waals surface area contributed by atoms with E-state index in [1.165, 1.54) is 17.3 Å². The van der Waals surface area contributed by atoms with Crippen molar-refractivity contribution < 1.29 is 9.90 Å². The number of aromatic amines is 1. The number of nitrogens with zero attached hydrogens (tertiary/aromatic N) is 2. The van der Waals surface area contributed by atoms with Crippen molar-refractivity contribution in [2.75, 3.05) is 0 Å². The summed E-state index contributed by atoms with van der Waals surface area (Å²) in [5.41, 5.74) is 3.93. The number of carbonyl (C=O) groups is 1. The number of imidazole rings is 1. The molecule has 2 heterocycles. The number of aromatic carboxylic acids is 1. The molecule has 1 aromatic carbocycles. The van der Waals surface area contributed by atoms with Crippen LogP contribution < -0.4 is 0 Å². The lowest BCUT2D eigenvalue weighted by atomic mass is 10.0. The second-order valence-corrected chi connectivity index (χ2v) is 5.01. The van der Waals surface area contributed by atoms with Gasteiger partial charge in [-0.2, -0.15) is 0 Å². The molecule has 0 radical (unpaired) electrons. The van der Waals surface area contributed by atoms with E-state index in [4.69, 9.17) is 5.11 Å². The number of fused-ring (bicyclic) bond motifs is 1. The van der Waals surface area contributed by atoms with Gasteiger partial charge in [0.2, 0.25) is 0 Å². The molecular weight excluding hydrogens is 266 g/mol. The number of benzene rings is 1. The summed E-state index contributed by atoms with van der Waals surface area (Å²) in [6.07, 6.45) is 2.98. The third-order valence-electron chi connectivity index (χ3n) is 3.53. The molecule has 5 heteroatoms. The van der Waals surface area contributed by atoms with E-state index >= 15 is 0 Å². The minimum absolute atomic E-state index is 0.164. The Morgan fingerprint density at radius 1 is 1.29 bits per heavy atom. The van der Waals surface area contributed by atoms with Crippen molar-refractivity contribution in [3.8, 4) is 0 Å². The minimum Gasteiger partial charge on any atom is -0.478 e. The molecule has 0 aliphatic carbocycles. The maximum atomic E-state index is 10.9. The molecule has 21 heavy (non-hydrogen) atoms. The van der Waals surface area contributed by atoms with Crippen LogP contribution in [0.15, 0.2) is 36.5 Å². The topological polar surface area (TPSA) is 78.9 Å². The number of rotatable bonds is 4. The van der Waals surface area contributed by atoms with Crippen molar-refractivity contribution in [2.45, 2.75) is 19.8 Å².